The molecule has 13 aromatic rings. The Bertz CT molecular complexity index is 4320. The van der Waals surface area contributed by atoms with Crippen molar-refractivity contribution in [1.82, 2.24) is 0 Å². The molecular formula is C76H58N2O4. The van der Waals surface area contributed by atoms with Gasteiger partial charge in [0.1, 0.15) is 46.0 Å². The minimum absolute atomic E-state index is 0.638. The zero-order valence-corrected chi connectivity index (χ0v) is 45.9. The molecule has 0 saturated heterocycles. The largest absolute Gasteiger partial charge is 0.457 e. The van der Waals surface area contributed by atoms with Crippen LogP contribution in [0.3, 0.4) is 0 Å². The third kappa shape index (κ3) is 8.75. The van der Waals surface area contributed by atoms with Crippen LogP contribution in [0.25, 0.3) is 65.3 Å². The Morgan fingerprint density at radius 2 is 0.683 bits per heavy atom. The minimum atomic E-state index is 0.638. The Labute approximate surface area is 477 Å². The van der Waals surface area contributed by atoms with Gasteiger partial charge in [0.25, 0.3) is 0 Å². The zero-order valence-electron chi connectivity index (χ0n) is 45.9. The second kappa shape index (κ2) is 20.6. The Kier molecular flexibility index (Phi) is 12.3. The Morgan fingerprint density at radius 1 is 0.317 bits per heavy atom. The fourth-order valence-electron chi connectivity index (χ4n) is 13.0. The van der Waals surface area contributed by atoms with Crippen LogP contribution in [0.1, 0.15) is 46.7 Å². The van der Waals surface area contributed by atoms with E-state index in [2.05, 4.69) is 145 Å². The molecule has 13 aromatic carbocycles. The van der Waals surface area contributed by atoms with E-state index in [9.17, 15) is 0 Å². The maximum absolute atomic E-state index is 7.41. The van der Waals surface area contributed by atoms with Crippen molar-refractivity contribution in [2.75, 3.05) is 9.80 Å². The number of fused-ring (bicyclic) bond motifs is 2. The van der Waals surface area contributed by atoms with E-state index in [1.54, 1.807) is 0 Å². The molecule has 0 spiro atoms. The summed E-state index contributed by atoms with van der Waals surface area (Å²) >= 11 is 0. The highest BCUT2D eigenvalue weighted by atomic mass is 16.5. The molecule has 2 aliphatic heterocycles. The van der Waals surface area contributed by atoms with Crippen LogP contribution in [-0.4, -0.2) is 0 Å². The minimum Gasteiger partial charge on any atom is -0.457 e. The number of anilines is 2. The smallest absolute Gasteiger partial charge is 0.136 e. The third-order valence-electron chi connectivity index (χ3n) is 16.5. The SMILES string of the molecule is CCCc1ccc(-c2ccccc2)cc1N1Cc2cc(Oc3ccccc3)c3c4c(Oc5ccccc5)cc5c6c(cc(Oc7ccccc7)c(c7c(Oc8ccccc8)cc(c2c37)C1)c64)CN(c1cc(C)ccc1-c1ccccc1)C5. The predicted octanol–water partition coefficient (Wildman–Crippen LogP) is 20.5. The number of rotatable bonds is 14. The lowest BCUT2D eigenvalue weighted by Gasteiger charge is -2.36. The van der Waals surface area contributed by atoms with Gasteiger partial charge in [0.15, 0.2) is 0 Å². The fraction of sp³-hybridized carbons (Fsp3) is 0.105. The molecule has 396 valence electrons. The third-order valence-corrected chi connectivity index (χ3v) is 16.5. The predicted molar refractivity (Wildman–Crippen MR) is 336 cm³/mol. The second-order valence-electron chi connectivity index (χ2n) is 21.9. The standard InChI is InChI=1S/C76H58N2O4/c1-3-22-52-36-37-53(50-23-10-4-11-24-50)40-63(52)77-45-54-41-65(79-58-27-14-6-15-28-58)71-73-67(81-60-31-18-8-19-32-60)43-56-47-78(64-39-49(2)35-38-62(64)51-25-12-5-13-26-51)48-57-44-68(82-61-33-20-9-21-34-61)74(76(73)70(56)57)72-66(80-59-29-16-7-17-30-59)42-55(46-77)69(54)75(71)72/h4-21,23-44H,3,22,45-48H2,1-2H3. The highest BCUT2D eigenvalue weighted by Crippen LogP contribution is 2.58. The molecule has 0 atom stereocenters. The van der Waals surface area contributed by atoms with E-state index in [0.29, 0.717) is 26.2 Å². The summed E-state index contributed by atoms with van der Waals surface area (Å²) in [4.78, 5) is 5.09. The van der Waals surface area contributed by atoms with Crippen LogP contribution in [0.15, 0.2) is 243 Å². The average molecular weight is 1060 g/mol. The fourth-order valence-corrected chi connectivity index (χ4v) is 13.0. The van der Waals surface area contributed by atoms with Crippen molar-refractivity contribution in [1.29, 1.82) is 0 Å². The van der Waals surface area contributed by atoms with Crippen molar-refractivity contribution in [2.45, 2.75) is 52.9 Å². The van der Waals surface area contributed by atoms with E-state index in [0.717, 1.165) is 102 Å². The van der Waals surface area contributed by atoms with Crippen LogP contribution in [-0.2, 0) is 32.6 Å². The number of ether oxygens (including phenoxy) is 4. The van der Waals surface area contributed by atoms with Gasteiger partial charge in [-0.15, -0.1) is 0 Å². The van der Waals surface area contributed by atoms with Crippen LogP contribution < -0.4 is 28.7 Å². The van der Waals surface area contributed by atoms with Crippen molar-refractivity contribution >= 4 is 54.5 Å². The van der Waals surface area contributed by atoms with Crippen LogP contribution in [0.4, 0.5) is 11.4 Å². The summed E-state index contributed by atoms with van der Waals surface area (Å²) < 4.78 is 29.6. The van der Waals surface area contributed by atoms with E-state index >= 15 is 0 Å². The number of hydrogen-bond donors (Lipinski definition) is 0. The van der Waals surface area contributed by atoms with Crippen LogP contribution in [0, 0.1) is 6.92 Å². The summed E-state index contributed by atoms with van der Waals surface area (Å²) in [6.07, 6.45) is 1.99. The lowest BCUT2D eigenvalue weighted by atomic mass is 9.81. The van der Waals surface area contributed by atoms with Crippen LogP contribution >= 0.6 is 0 Å². The van der Waals surface area contributed by atoms with Gasteiger partial charge in [0.05, 0.1) is 0 Å². The van der Waals surface area contributed by atoms with Crippen molar-refractivity contribution < 1.29 is 18.9 Å². The first kappa shape index (κ1) is 49.0. The van der Waals surface area contributed by atoms with Gasteiger partial charge in [-0.2, -0.15) is 0 Å². The molecule has 0 aromatic heterocycles. The second-order valence-corrected chi connectivity index (χ2v) is 21.9. The number of para-hydroxylation sites is 4. The van der Waals surface area contributed by atoms with E-state index in [1.807, 2.05) is 121 Å². The average Bonchev–Trinajstić information content (AvgIpc) is 1.24. The van der Waals surface area contributed by atoms with E-state index < -0.39 is 0 Å². The van der Waals surface area contributed by atoms with Crippen molar-refractivity contribution in [3.63, 3.8) is 0 Å². The topological polar surface area (TPSA) is 43.4 Å². The zero-order chi connectivity index (χ0) is 54.7. The molecule has 82 heavy (non-hydrogen) atoms. The van der Waals surface area contributed by atoms with E-state index in [4.69, 9.17) is 18.9 Å². The molecule has 0 aliphatic carbocycles. The van der Waals surface area contributed by atoms with Crippen LogP contribution in [0.2, 0.25) is 0 Å². The van der Waals surface area contributed by atoms with Crippen molar-refractivity contribution in [2.24, 2.45) is 0 Å². The molecule has 2 heterocycles. The summed E-state index contributed by atoms with van der Waals surface area (Å²) in [5.41, 5.74) is 14.3. The van der Waals surface area contributed by atoms with Gasteiger partial charge in [0.2, 0.25) is 0 Å². The van der Waals surface area contributed by atoms with Crippen LogP contribution in [0.5, 0.6) is 46.0 Å². The number of benzene rings is 13. The summed E-state index contributed by atoms with van der Waals surface area (Å²) in [5, 5.41) is 8.31. The Balaban J connectivity index is 1.07. The van der Waals surface area contributed by atoms with Gasteiger partial charge in [-0.3, -0.25) is 0 Å². The first-order valence-corrected chi connectivity index (χ1v) is 28.6. The molecule has 0 saturated carbocycles. The highest BCUT2D eigenvalue weighted by molar-refractivity contribution is 6.39. The Morgan fingerprint density at radius 3 is 1.07 bits per heavy atom. The Hall–Kier alpha value is -10.0. The molecule has 15 rings (SSSR count). The van der Waals surface area contributed by atoms with Crippen molar-refractivity contribution in [3.8, 4) is 68.2 Å². The maximum atomic E-state index is 7.41. The number of aryl methyl sites for hydroxylation is 2. The number of hydrogen-bond acceptors (Lipinski definition) is 6. The molecule has 0 amide bonds. The molecule has 0 radical (unpaired) electrons. The summed E-state index contributed by atoms with van der Waals surface area (Å²) in [6.45, 7) is 7.04. The molecule has 0 bridgehead atoms. The molecular weight excluding hydrogens is 1000 g/mol. The van der Waals surface area contributed by atoms with Gasteiger partial charge in [-0.05, 0) is 159 Å². The molecule has 0 N–H and O–H groups in total. The van der Waals surface area contributed by atoms with E-state index in [1.165, 1.54) is 66.7 Å². The lowest BCUT2D eigenvalue weighted by molar-refractivity contribution is 0.481. The molecule has 0 fully saturated rings. The molecule has 0 unspecified atom stereocenters. The maximum Gasteiger partial charge on any atom is 0.136 e. The van der Waals surface area contributed by atoms with Gasteiger partial charge < -0.3 is 28.7 Å². The highest BCUT2D eigenvalue weighted by Gasteiger charge is 2.35. The van der Waals surface area contributed by atoms with Gasteiger partial charge >= 0.3 is 0 Å². The lowest BCUT2D eigenvalue weighted by Crippen LogP contribution is -2.27. The van der Waals surface area contributed by atoms with E-state index in [-0.39, 0.29) is 0 Å². The quantitative estimate of drug-likeness (QED) is 0.0799. The van der Waals surface area contributed by atoms with Gasteiger partial charge in [-0.25, -0.2) is 0 Å². The first-order chi connectivity index (χ1) is 40.5. The summed E-state index contributed by atoms with van der Waals surface area (Å²) in [5.74, 6) is 5.93. The molecule has 6 heteroatoms. The summed E-state index contributed by atoms with van der Waals surface area (Å²) in [6, 6.07) is 85.4. The number of nitrogens with zero attached hydrogens (tertiary/aromatic N) is 2. The first-order valence-electron chi connectivity index (χ1n) is 28.6. The van der Waals surface area contributed by atoms with Gasteiger partial charge in [0, 0.05) is 75.4 Å². The molecule has 2 aliphatic rings. The monoisotopic (exact) mass is 1060 g/mol. The van der Waals surface area contributed by atoms with Gasteiger partial charge in [-0.1, -0.05) is 171 Å². The van der Waals surface area contributed by atoms with Crippen molar-refractivity contribution in [3.05, 3.63) is 276 Å². The normalized spacial score (nSPS) is 12.9. The molecule has 6 nitrogen and oxygen atoms in total. The summed E-state index contributed by atoms with van der Waals surface area (Å²) in [7, 11) is 0.